The number of rotatable bonds is 5. The average molecular weight is 516 g/mol. The highest BCUT2D eigenvalue weighted by atomic mass is 127. The molecule has 1 amide bonds. The monoisotopic (exact) mass is 515 g/mol. The van der Waals surface area contributed by atoms with Gasteiger partial charge in [-0.3, -0.25) is 14.7 Å². The van der Waals surface area contributed by atoms with E-state index in [-0.39, 0.29) is 29.9 Å². The third-order valence-corrected chi connectivity index (χ3v) is 5.89. The normalized spacial score (nSPS) is 17.6. The number of thiophene rings is 1. The summed E-state index contributed by atoms with van der Waals surface area (Å²) < 4.78 is 0.659. The van der Waals surface area contributed by atoms with Crippen LogP contribution in [0.2, 0.25) is 4.34 Å². The minimum absolute atomic E-state index is 0. The predicted molar refractivity (Wildman–Crippen MR) is 117 cm³/mol. The Morgan fingerprint density at radius 3 is 2.50 bits per heavy atom. The maximum Gasteiger partial charge on any atom is 0.237 e. The standard InChI is InChI=1S/C16H26ClN5O2S.HI/c1-16(2,14(18)24)22-8-6-21(7-9-22)15(19-3)20-10-11(23)12-4-5-13(17)25-12;/h4-5,11,23H,6-10H2,1-3H3,(H2,18,24)(H,19,20);1H. The lowest BCUT2D eigenvalue weighted by Gasteiger charge is -2.43. The summed E-state index contributed by atoms with van der Waals surface area (Å²) in [5.41, 5.74) is 4.84. The van der Waals surface area contributed by atoms with Crippen LogP contribution < -0.4 is 11.1 Å². The number of piperazine rings is 1. The molecule has 0 radical (unpaired) electrons. The molecule has 1 saturated heterocycles. The Bertz CT molecular complexity index is 632. The zero-order valence-electron chi connectivity index (χ0n) is 15.2. The first kappa shape index (κ1) is 23.4. The van der Waals surface area contributed by atoms with E-state index in [2.05, 4.69) is 20.1 Å². The fourth-order valence-electron chi connectivity index (χ4n) is 2.76. The number of nitrogens with one attached hydrogen (secondary N) is 1. The molecule has 0 aliphatic carbocycles. The predicted octanol–water partition coefficient (Wildman–Crippen LogP) is 1.51. The summed E-state index contributed by atoms with van der Waals surface area (Å²) in [4.78, 5) is 20.9. The number of aliphatic hydroxyl groups excluding tert-OH is 1. The molecule has 1 fully saturated rings. The highest BCUT2D eigenvalue weighted by molar-refractivity contribution is 14.0. The number of aliphatic imine (C=N–C) groups is 1. The molecule has 1 aromatic rings. The van der Waals surface area contributed by atoms with Gasteiger partial charge in [0.2, 0.25) is 5.91 Å². The number of carbonyl (C=O) groups is 1. The van der Waals surface area contributed by atoms with Crippen molar-refractivity contribution in [1.82, 2.24) is 15.1 Å². The molecular formula is C16H27ClIN5O2S. The van der Waals surface area contributed by atoms with Crippen LogP contribution in [0.3, 0.4) is 0 Å². The molecule has 2 heterocycles. The van der Waals surface area contributed by atoms with Gasteiger partial charge in [-0.15, -0.1) is 35.3 Å². The molecule has 1 aliphatic rings. The van der Waals surface area contributed by atoms with Crippen molar-refractivity contribution in [2.45, 2.75) is 25.5 Å². The van der Waals surface area contributed by atoms with Gasteiger partial charge in [0.15, 0.2) is 5.96 Å². The fraction of sp³-hybridized carbons (Fsp3) is 0.625. The summed E-state index contributed by atoms with van der Waals surface area (Å²) in [5.74, 6) is 0.416. The highest BCUT2D eigenvalue weighted by Gasteiger charge is 2.35. The number of hydrogen-bond donors (Lipinski definition) is 3. The van der Waals surface area contributed by atoms with Gasteiger partial charge in [0.05, 0.1) is 9.88 Å². The zero-order chi connectivity index (χ0) is 18.6. The maximum atomic E-state index is 11.6. The van der Waals surface area contributed by atoms with Gasteiger partial charge in [0.1, 0.15) is 6.10 Å². The molecule has 1 aromatic heterocycles. The third kappa shape index (κ3) is 5.69. The van der Waals surface area contributed by atoms with Crippen molar-refractivity contribution in [3.05, 3.63) is 21.3 Å². The van der Waals surface area contributed by atoms with Crippen LogP contribution in [-0.4, -0.2) is 72.1 Å². The Labute approximate surface area is 180 Å². The van der Waals surface area contributed by atoms with E-state index in [0.717, 1.165) is 37.0 Å². The Morgan fingerprint density at radius 1 is 1.42 bits per heavy atom. The number of aliphatic hydroxyl groups is 1. The second-order valence-corrected chi connectivity index (χ2v) is 8.23. The number of hydrogen-bond acceptors (Lipinski definition) is 5. The van der Waals surface area contributed by atoms with Crippen molar-refractivity contribution in [3.8, 4) is 0 Å². The molecule has 0 aromatic carbocycles. The number of halogens is 2. The minimum Gasteiger partial charge on any atom is -0.386 e. The van der Waals surface area contributed by atoms with Gasteiger partial charge in [0.25, 0.3) is 0 Å². The van der Waals surface area contributed by atoms with Crippen molar-refractivity contribution in [2.75, 3.05) is 39.8 Å². The number of primary amides is 1. The van der Waals surface area contributed by atoms with Crippen molar-refractivity contribution in [2.24, 2.45) is 10.7 Å². The first-order valence-electron chi connectivity index (χ1n) is 8.19. The van der Waals surface area contributed by atoms with Crippen molar-refractivity contribution in [1.29, 1.82) is 0 Å². The SMILES string of the molecule is CN=C(NCC(O)c1ccc(Cl)s1)N1CCN(C(C)(C)C(N)=O)CC1.I. The molecule has 0 bridgehead atoms. The molecule has 7 nitrogen and oxygen atoms in total. The van der Waals surface area contributed by atoms with Gasteiger partial charge in [-0.25, -0.2) is 0 Å². The second-order valence-electron chi connectivity index (χ2n) is 6.48. The first-order chi connectivity index (χ1) is 11.8. The molecule has 148 valence electrons. The summed E-state index contributed by atoms with van der Waals surface area (Å²) in [7, 11) is 1.72. The molecule has 4 N–H and O–H groups in total. The van der Waals surface area contributed by atoms with Gasteiger partial charge >= 0.3 is 0 Å². The Hall–Kier alpha value is -0.620. The van der Waals surface area contributed by atoms with Crippen LogP contribution in [0.4, 0.5) is 0 Å². The number of nitrogens with two attached hydrogens (primary N) is 1. The van der Waals surface area contributed by atoms with Gasteiger partial charge in [-0.2, -0.15) is 0 Å². The van der Waals surface area contributed by atoms with Gasteiger partial charge < -0.3 is 21.1 Å². The molecule has 1 aliphatic heterocycles. The van der Waals surface area contributed by atoms with E-state index >= 15 is 0 Å². The van der Waals surface area contributed by atoms with Gasteiger partial charge in [0, 0.05) is 44.6 Å². The van der Waals surface area contributed by atoms with E-state index in [1.807, 2.05) is 19.9 Å². The summed E-state index contributed by atoms with van der Waals surface area (Å²) >= 11 is 7.27. The lowest BCUT2D eigenvalue weighted by Crippen LogP contribution is -2.61. The van der Waals surface area contributed by atoms with E-state index in [0.29, 0.717) is 10.9 Å². The topological polar surface area (TPSA) is 94.2 Å². The van der Waals surface area contributed by atoms with Crippen LogP contribution in [0, 0.1) is 0 Å². The van der Waals surface area contributed by atoms with E-state index in [1.165, 1.54) is 11.3 Å². The van der Waals surface area contributed by atoms with Gasteiger partial charge in [-0.1, -0.05) is 11.6 Å². The Kier molecular flexibility index (Phi) is 9.07. The number of guanidine groups is 1. The number of amides is 1. The zero-order valence-corrected chi connectivity index (χ0v) is 19.1. The summed E-state index contributed by atoms with van der Waals surface area (Å²) in [6.07, 6.45) is -0.635. The van der Waals surface area contributed by atoms with Crippen molar-refractivity contribution in [3.63, 3.8) is 0 Å². The molecule has 0 saturated carbocycles. The van der Waals surface area contributed by atoms with E-state index < -0.39 is 11.6 Å². The quantitative estimate of drug-likeness (QED) is 0.314. The number of carbonyl (C=O) groups excluding carboxylic acids is 1. The van der Waals surface area contributed by atoms with Crippen LogP contribution in [-0.2, 0) is 4.79 Å². The number of nitrogens with zero attached hydrogens (tertiary/aromatic N) is 3. The maximum absolute atomic E-state index is 11.6. The van der Waals surface area contributed by atoms with Crippen molar-refractivity contribution >= 4 is 58.8 Å². The van der Waals surface area contributed by atoms with Crippen LogP contribution in [0.1, 0.15) is 24.8 Å². The van der Waals surface area contributed by atoms with E-state index in [9.17, 15) is 9.90 Å². The molecule has 10 heteroatoms. The van der Waals surface area contributed by atoms with E-state index in [4.69, 9.17) is 17.3 Å². The van der Waals surface area contributed by atoms with Crippen LogP contribution >= 0.6 is 46.9 Å². The smallest absolute Gasteiger partial charge is 0.237 e. The largest absolute Gasteiger partial charge is 0.386 e. The summed E-state index contributed by atoms with van der Waals surface area (Å²) in [6, 6.07) is 3.60. The highest BCUT2D eigenvalue weighted by Crippen LogP contribution is 2.26. The van der Waals surface area contributed by atoms with E-state index in [1.54, 1.807) is 13.1 Å². The summed E-state index contributed by atoms with van der Waals surface area (Å²) in [5, 5.41) is 13.4. The molecule has 1 atom stereocenters. The Balaban J connectivity index is 0.00000338. The third-order valence-electron chi connectivity index (χ3n) is 4.56. The minimum atomic E-state index is -0.655. The van der Waals surface area contributed by atoms with Crippen LogP contribution in [0.5, 0.6) is 0 Å². The first-order valence-corrected chi connectivity index (χ1v) is 9.39. The average Bonchev–Trinajstić information content (AvgIpc) is 3.02. The molecule has 26 heavy (non-hydrogen) atoms. The Morgan fingerprint density at radius 2 is 2.04 bits per heavy atom. The lowest BCUT2D eigenvalue weighted by molar-refractivity contribution is -0.129. The van der Waals surface area contributed by atoms with Gasteiger partial charge in [-0.05, 0) is 26.0 Å². The second kappa shape index (κ2) is 10.1. The lowest BCUT2D eigenvalue weighted by atomic mass is 10.0. The van der Waals surface area contributed by atoms with Crippen LogP contribution in [0.15, 0.2) is 17.1 Å². The summed E-state index contributed by atoms with van der Waals surface area (Å²) in [6.45, 7) is 6.96. The van der Waals surface area contributed by atoms with Crippen molar-refractivity contribution < 1.29 is 9.90 Å². The fourth-order valence-corrected chi connectivity index (χ4v) is 3.81. The molecular weight excluding hydrogens is 489 g/mol. The molecule has 2 rings (SSSR count). The molecule has 0 spiro atoms. The molecule has 1 unspecified atom stereocenters. The van der Waals surface area contributed by atoms with Crippen LogP contribution in [0.25, 0.3) is 0 Å².